The molecule has 0 heterocycles. The van der Waals surface area contributed by atoms with Crippen molar-refractivity contribution in [1.29, 1.82) is 0 Å². The van der Waals surface area contributed by atoms with Gasteiger partial charge in [-0.05, 0) is 0 Å². The van der Waals surface area contributed by atoms with Gasteiger partial charge in [-0.3, -0.25) is 4.79 Å². The second kappa shape index (κ2) is 6.17. The molecule has 0 rings (SSSR count). The minimum absolute atomic E-state index is 0.468. The Hall–Kier alpha value is 0.0500. The largest absolute Gasteiger partial charge is 0.343 e. The van der Waals surface area contributed by atoms with E-state index in [1.54, 1.807) is 4.90 Å². The second-order valence-corrected chi connectivity index (χ2v) is 2.28. The van der Waals surface area contributed by atoms with Crippen molar-refractivity contribution in [3.8, 4) is 0 Å². The van der Waals surface area contributed by atoms with Gasteiger partial charge in [0.05, 0.1) is 0 Å². The van der Waals surface area contributed by atoms with Gasteiger partial charge in [0.25, 0.3) is 0 Å². The number of alkyl halides is 2. The Balaban J connectivity index is 3.29. The van der Waals surface area contributed by atoms with Crippen LogP contribution in [-0.2, 0) is 4.79 Å². The van der Waals surface area contributed by atoms with Gasteiger partial charge in [-0.15, -0.1) is 23.2 Å². The zero-order valence-electron chi connectivity index (χ0n) is 5.02. The number of rotatable bonds is 5. The molecule has 0 atom stereocenters. The fraction of sp³-hybridized carbons (Fsp3) is 0.800. The van der Waals surface area contributed by atoms with Crippen molar-refractivity contribution >= 4 is 29.6 Å². The topological polar surface area (TPSA) is 20.3 Å². The van der Waals surface area contributed by atoms with Crippen LogP contribution in [0.25, 0.3) is 0 Å². The Bertz CT molecular complexity index is 73.4. The van der Waals surface area contributed by atoms with Crippen LogP contribution in [0.1, 0.15) is 0 Å². The standard InChI is InChI=1S/C5H9Cl2NO/c6-1-3-8(5-9)4-2-7/h5H,1-4H2. The highest BCUT2D eigenvalue weighted by Crippen LogP contribution is 1.86. The SMILES string of the molecule is O=CN(CCCl)CCCl. The summed E-state index contributed by atoms with van der Waals surface area (Å²) in [4.78, 5) is 11.6. The smallest absolute Gasteiger partial charge is 0.209 e. The molecule has 0 saturated heterocycles. The average Bonchev–Trinajstić information content (AvgIpc) is 1.88. The third-order valence-corrected chi connectivity index (χ3v) is 1.23. The Morgan fingerprint density at radius 3 is 1.89 bits per heavy atom. The molecule has 0 aliphatic heterocycles. The van der Waals surface area contributed by atoms with E-state index in [1.165, 1.54) is 0 Å². The number of carbonyl (C=O) groups excluding carboxylic acids is 1. The van der Waals surface area contributed by atoms with Gasteiger partial charge >= 0.3 is 0 Å². The van der Waals surface area contributed by atoms with Gasteiger partial charge < -0.3 is 4.90 Å². The summed E-state index contributed by atoms with van der Waals surface area (Å²) in [5.41, 5.74) is 0. The Labute approximate surface area is 64.7 Å². The van der Waals surface area contributed by atoms with E-state index in [0.717, 1.165) is 6.41 Å². The molecule has 0 saturated carbocycles. The molecule has 0 aromatic rings. The number of carbonyl (C=O) groups is 1. The third kappa shape index (κ3) is 4.55. The Morgan fingerprint density at radius 1 is 1.22 bits per heavy atom. The lowest BCUT2D eigenvalue weighted by Crippen LogP contribution is -2.25. The van der Waals surface area contributed by atoms with E-state index in [1.807, 2.05) is 0 Å². The highest BCUT2D eigenvalue weighted by atomic mass is 35.5. The summed E-state index contributed by atoms with van der Waals surface area (Å²) in [7, 11) is 0. The maximum Gasteiger partial charge on any atom is 0.209 e. The summed E-state index contributed by atoms with van der Waals surface area (Å²) >= 11 is 10.7. The van der Waals surface area contributed by atoms with Crippen molar-refractivity contribution in [3.05, 3.63) is 0 Å². The molecule has 0 N–H and O–H groups in total. The van der Waals surface area contributed by atoms with E-state index in [9.17, 15) is 4.79 Å². The van der Waals surface area contributed by atoms with Crippen molar-refractivity contribution < 1.29 is 4.79 Å². The molecule has 0 spiro atoms. The lowest BCUT2D eigenvalue weighted by Gasteiger charge is -2.12. The lowest BCUT2D eigenvalue weighted by atomic mass is 10.6. The molecule has 0 fully saturated rings. The summed E-state index contributed by atoms with van der Waals surface area (Å²) in [5.74, 6) is 0.936. The number of hydrogen-bond donors (Lipinski definition) is 0. The molecule has 0 unspecified atom stereocenters. The first-order valence-electron chi connectivity index (χ1n) is 2.66. The molecule has 2 nitrogen and oxygen atoms in total. The minimum Gasteiger partial charge on any atom is -0.343 e. The lowest BCUT2D eigenvalue weighted by molar-refractivity contribution is -0.117. The molecule has 0 bridgehead atoms. The van der Waals surface area contributed by atoms with Crippen molar-refractivity contribution in [1.82, 2.24) is 4.90 Å². The van der Waals surface area contributed by atoms with E-state index in [2.05, 4.69) is 0 Å². The minimum atomic E-state index is 0.468. The van der Waals surface area contributed by atoms with Gasteiger partial charge in [-0.2, -0.15) is 0 Å². The zero-order valence-corrected chi connectivity index (χ0v) is 6.53. The van der Waals surface area contributed by atoms with E-state index in [4.69, 9.17) is 23.2 Å². The number of amides is 1. The van der Waals surface area contributed by atoms with Gasteiger partial charge in [0.15, 0.2) is 0 Å². The molecule has 0 radical (unpaired) electrons. The molecule has 1 amide bonds. The number of halogens is 2. The van der Waals surface area contributed by atoms with E-state index in [-0.39, 0.29) is 0 Å². The van der Waals surface area contributed by atoms with E-state index in [0.29, 0.717) is 24.8 Å². The highest BCUT2D eigenvalue weighted by Gasteiger charge is 1.96. The predicted octanol–water partition coefficient (Wildman–Crippen LogP) is 0.922. The quantitative estimate of drug-likeness (QED) is 0.443. The van der Waals surface area contributed by atoms with Crippen molar-refractivity contribution in [2.24, 2.45) is 0 Å². The van der Waals surface area contributed by atoms with Crippen LogP contribution in [0.2, 0.25) is 0 Å². The molecule has 4 heteroatoms. The zero-order chi connectivity index (χ0) is 7.11. The molecule has 9 heavy (non-hydrogen) atoms. The maximum atomic E-state index is 10.1. The Kier molecular flexibility index (Phi) is 6.21. The van der Waals surface area contributed by atoms with Crippen LogP contribution in [0.15, 0.2) is 0 Å². The van der Waals surface area contributed by atoms with Gasteiger partial charge in [0.1, 0.15) is 0 Å². The van der Waals surface area contributed by atoms with E-state index < -0.39 is 0 Å². The van der Waals surface area contributed by atoms with Crippen LogP contribution < -0.4 is 0 Å². The average molecular weight is 170 g/mol. The molecular formula is C5H9Cl2NO. The summed E-state index contributed by atoms with van der Waals surface area (Å²) < 4.78 is 0. The van der Waals surface area contributed by atoms with Gasteiger partial charge in [0.2, 0.25) is 6.41 Å². The number of nitrogens with zero attached hydrogens (tertiary/aromatic N) is 1. The monoisotopic (exact) mass is 169 g/mol. The van der Waals surface area contributed by atoms with Crippen LogP contribution in [0.4, 0.5) is 0 Å². The van der Waals surface area contributed by atoms with Crippen molar-refractivity contribution in [2.75, 3.05) is 24.8 Å². The van der Waals surface area contributed by atoms with Crippen molar-refractivity contribution in [2.45, 2.75) is 0 Å². The summed E-state index contributed by atoms with van der Waals surface area (Å²) in [6, 6.07) is 0. The molecule has 0 aliphatic carbocycles. The van der Waals surface area contributed by atoms with Gasteiger partial charge in [-0.1, -0.05) is 0 Å². The predicted molar refractivity (Wildman–Crippen MR) is 39.1 cm³/mol. The summed E-state index contributed by atoms with van der Waals surface area (Å²) in [6.45, 7) is 1.16. The third-order valence-electron chi connectivity index (χ3n) is 0.893. The normalized spacial score (nSPS) is 9.11. The molecule has 0 aliphatic rings. The van der Waals surface area contributed by atoms with Crippen molar-refractivity contribution in [3.63, 3.8) is 0 Å². The van der Waals surface area contributed by atoms with Gasteiger partial charge in [-0.25, -0.2) is 0 Å². The first-order chi connectivity index (χ1) is 4.35. The second-order valence-electron chi connectivity index (χ2n) is 1.52. The first-order valence-corrected chi connectivity index (χ1v) is 3.73. The number of hydrogen-bond acceptors (Lipinski definition) is 1. The molecule has 54 valence electrons. The van der Waals surface area contributed by atoms with Crippen LogP contribution >= 0.6 is 23.2 Å². The van der Waals surface area contributed by atoms with Crippen LogP contribution in [-0.4, -0.2) is 36.2 Å². The highest BCUT2D eigenvalue weighted by molar-refractivity contribution is 6.18. The molecule has 0 aromatic carbocycles. The van der Waals surface area contributed by atoms with Crippen LogP contribution in [0, 0.1) is 0 Å². The fourth-order valence-corrected chi connectivity index (χ4v) is 0.869. The van der Waals surface area contributed by atoms with Gasteiger partial charge in [0, 0.05) is 24.8 Å². The summed E-state index contributed by atoms with van der Waals surface area (Å²) in [5, 5.41) is 0. The van der Waals surface area contributed by atoms with Crippen LogP contribution in [0.5, 0.6) is 0 Å². The maximum absolute atomic E-state index is 10.1. The van der Waals surface area contributed by atoms with Crippen LogP contribution in [0.3, 0.4) is 0 Å². The first kappa shape index (κ1) is 9.05. The van der Waals surface area contributed by atoms with E-state index >= 15 is 0 Å². The Morgan fingerprint density at radius 2 is 1.67 bits per heavy atom. The summed E-state index contributed by atoms with van der Waals surface area (Å²) in [6.07, 6.45) is 0.755. The molecule has 0 aromatic heterocycles. The molecular weight excluding hydrogens is 161 g/mol. The fourth-order valence-electron chi connectivity index (χ4n) is 0.434.